The smallest absolute Gasteiger partial charge is 0.335 e. The monoisotopic (exact) mass is 291 g/mol. The molecule has 3 nitrogen and oxygen atoms in total. The number of allylic oxidation sites excluding steroid dienone is 1. The van der Waals surface area contributed by atoms with Crippen LogP contribution in [0.1, 0.15) is 38.2 Å². The van der Waals surface area contributed by atoms with Gasteiger partial charge < -0.3 is 5.11 Å². The molecule has 0 aliphatic carbocycles. The Balaban J connectivity index is 2.49. The van der Waals surface area contributed by atoms with Gasteiger partial charge in [0.15, 0.2) is 0 Å². The predicted octanol–water partition coefficient (Wildman–Crippen LogP) is 4.37. The number of carboxylic acids is 1. The van der Waals surface area contributed by atoms with E-state index in [0.717, 1.165) is 16.7 Å². The normalized spacial score (nSPS) is 11.1. The number of aromatic carboxylic acids is 1. The summed E-state index contributed by atoms with van der Waals surface area (Å²) in [6, 6.07) is 12.7. The van der Waals surface area contributed by atoms with Gasteiger partial charge in [-0.15, -0.1) is 0 Å². The molecule has 0 amide bonds. The zero-order chi connectivity index (χ0) is 16.3. The summed E-state index contributed by atoms with van der Waals surface area (Å²) in [6.45, 7) is 6.09. The average Bonchev–Trinajstić information content (AvgIpc) is 2.47. The summed E-state index contributed by atoms with van der Waals surface area (Å²) in [7, 11) is 0. The number of carboxylic acid groups (broad SMARTS) is 1. The van der Waals surface area contributed by atoms with Gasteiger partial charge in [0.1, 0.15) is 0 Å². The van der Waals surface area contributed by atoms with Crippen LogP contribution in [0, 0.1) is 32.1 Å². The highest BCUT2D eigenvalue weighted by Crippen LogP contribution is 2.23. The van der Waals surface area contributed by atoms with Crippen molar-refractivity contribution in [3.63, 3.8) is 0 Å². The lowest BCUT2D eigenvalue weighted by Gasteiger charge is -2.08. The third kappa shape index (κ3) is 3.24. The second-order valence-electron chi connectivity index (χ2n) is 5.36. The molecular formula is C19H17NO2. The second kappa shape index (κ2) is 6.28. The van der Waals surface area contributed by atoms with Crippen molar-refractivity contribution in [1.29, 1.82) is 5.26 Å². The standard InChI is InChI=1S/C19H17NO2/c1-12-8-13(2)18(14(3)9-12)10-17(11-20)15-4-6-16(7-5-15)19(21)22/h4-10H,1-3H3,(H,21,22)/b17-10-. The summed E-state index contributed by atoms with van der Waals surface area (Å²) in [5, 5.41) is 18.3. The molecule has 0 unspecified atom stereocenters. The van der Waals surface area contributed by atoms with Crippen LogP contribution in [0.4, 0.5) is 0 Å². The minimum absolute atomic E-state index is 0.212. The molecule has 2 rings (SSSR count). The van der Waals surface area contributed by atoms with E-state index in [-0.39, 0.29) is 5.56 Å². The van der Waals surface area contributed by atoms with E-state index in [2.05, 4.69) is 18.2 Å². The molecule has 0 radical (unpaired) electrons. The maximum atomic E-state index is 10.9. The first-order valence-corrected chi connectivity index (χ1v) is 6.95. The fourth-order valence-electron chi connectivity index (χ4n) is 2.54. The van der Waals surface area contributed by atoms with E-state index in [1.165, 1.54) is 17.7 Å². The van der Waals surface area contributed by atoms with Gasteiger partial charge in [-0.3, -0.25) is 0 Å². The van der Waals surface area contributed by atoms with Crippen molar-refractivity contribution in [2.75, 3.05) is 0 Å². The summed E-state index contributed by atoms with van der Waals surface area (Å²) in [5.74, 6) is -0.973. The molecule has 0 fully saturated rings. The molecular weight excluding hydrogens is 274 g/mol. The lowest BCUT2D eigenvalue weighted by atomic mass is 9.95. The van der Waals surface area contributed by atoms with Crippen LogP contribution in [-0.2, 0) is 0 Å². The summed E-state index contributed by atoms with van der Waals surface area (Å²) in [4.78, 5) is 10.9. The van der Waals surface area contributed by atoms with Gasteiger partial charge in [0, 0.05) is 0 Å². The first-order valence-electron chi connectivity index (χ1n) is 6.95. The van der Waals surface area contributed by atoms with Gasteiger partial charge in [0.25, 0.3) is 0 Å². The van der Waals surface area contributed by atoms with Crippen LogP contribution >= 0.6 is 0 Å². The molecule has 0 saturated carbocycles. The number of benzene rings is 2. The van der Waals surface area contributed by atoms with Crippen molar-refractivity contribution in [3.05, 3.63) is 69.8 Å². The molecule has 0 aliphatic rings. The first kappa shape index (κ1) is 15.5. The van der Waals surface area contributed by atoms with Crippen LogP contribution in [0.5, 0.6) is 0 Å². The van der Waals surface area contributed by atoms with Gasteiger partial charge in [-0.25, -0.2) is 4.79 Å². The van der Waals surface area contributed by atoms with Crippen molar-refractivity contribution in [2.45, 2.75) is 20.8 Å². The van der Waals surface area contributed by atoms with E-state index in [1.807, 2.05) is 26.8 Å². The van der Waals surface area contributed by atoms with Gasteiger partial charge in [-0.05, 0) is 61.2 Å². The van der Waals surface area contributed by atoms with E-state index in [0.29, 0.717) is 11.1 Å². The van der Waals surface area contributed by atoms with E-state index in [1.54, 1.807) is 12.1 Å². The quantitative estimate of drug-likeness (QED) is 0.674. The van der Waals surface area contributed by atoms with Crippen molar-refractivity contribution in [3.8, 4) is 6.07 Å². The van der Waals surface area contributed by atoms with Crippen LogP contribution in [-0.4, -0.2) is 11.1 Å². The number of aryl methyl sites for hydroxylation is 3. The van der Waals surface area contributed by atoms with Crippen LogP contribution in [0.2, 0.25) is 0 Å². The third-order valence-electron chi connectivity index (χ3n) is 3.59. The number of hydrogen-bond acceptors (Lipinski definition) is 2. The highest BCUT2D eigenvalue weighted by atomic mass is 16.4. The minimum atomic E-state index is -0.973. The number of carbonyl (C=O) groups is 1. The molecule has 22 heavy (non-hydrogen) atoms. The Hall–Kier alpha value is -2.86. The van der Waals surface area contributed by atoms with Gasteiger partial charge in [0.05, 0.1) is 17.2 Å². The van der Waals surface area contributed by atoms with Crippen molar-refractivity contribution in [1.82, 2.24) is 0 Å². The molecule has 2 aromatic carbocycles. The lowest BCUT2D eigenvalue weighted by Crippen LogP contribution is -1.96. The Morgan fingerprint density at radius 3 is 2.00 bits per heavy atom. The molecule has 0 spiro atoms. The summed E-state index contributed by atoms with van der Waals surface area (Å²) in [6.07, 6.45) is 1.86. The molecule has 2 aromatic rings. The first-order chi connectivity index (χ1) is 10.4. The topological polar surface area (TPSA) is 61.1 Å². The summed E-state index contributed by atoms with van der Waals surface area (Å²) < 4.78 is 0. The molecule has 0 aromatic heterocycles. The lowest BCUT2D eigenvalue weighted by molar-refractivity contribution is 0.0697. The zero-order valence-corrected chi connectivity index (χ0v) is 12.8. The Morgan fingerprint density at radius 1 is 1.05 bits per heavy atom. The van der Waals surface area contributed by atoms with Crippen molar-refractivity contribution < 1.29 is 9.90 Å². The molecule has 0 aliphatic heterocycles. The van der Waals surface area contributed by atoms with Gasteiger partial charge in [0.2, 0.25) is 0 Å². The second-order valence-corrected chi connectivity index (χ2v) is 5.36. The summed E-state index contributed by atoms with van der Waals surface area (Å²) in [5.41, 5.74) is 5.91. The fourth-order valence-corrected chi connectivity index (χ4v) is 2.54. The highest BCUT2D eigenvalue weighted by Gasteiger charge is 2.07. The van der Waals surface area contributed by atoms with E-state index < -0.39 is 5.97 Å². The molecule has 110 valence electrons. The van der Waals surface area contributed by atoms with Crippen LogP contribution in [0.3, 0.4) is 0 Å². The Morgan fingerprint density at radius 2 is 1.55 bits per heavy atom. The molecule has 0 atom stereocenters. The number of hydrogen-bond donors (Lipinski definition) is 1. The van der Waals surface area contributed by atoms with E-state index >= 15 is 0 Å². The largest absolute Gasteiger partial charge is 0.478 e. The van der Waals surface area contributed by atoms with E-state index in [4.69, 9.17) is 5.11 Å². The highest BCUT2D eigenvalue weighted by molar-refractivity contribution is 5.92. The van der Waals surface area contributed by atoms with Crippen molar-refractivity contribution >= 4 is 17.6 Å². The fraction of sp³-hybridized carbons (Fsp3) is 0.158. The van der Waals surface area contributed by atoms with Gasteiger partial charge in [-0.2, -0.15) is 5.26 Å². The maximum Gasteiger partial charge on any atom is 0.335 e. The van der Waals surface area contributed by atoms with Crippen molar-refractivity contribution in [2.24, 2.45) is 0 Å². The molecule has 3 heteroatoms. The predicted molar refractivity (Wildman–Crippen MR) is 87.5 cm³/mol. The molecule has 0 bridgehead atoms. The van der Waals surface area contributed by atoms with Crippen LogP contribution in [0.15, 0.2) is 36.4 Å². The Kier molecular flexibility index (Phi) is 4.43. The molecule has 0 saturated heterocycles. The number of nitriles is 1. The number of rotatable bonds is 3. The minimum Gasteiger partial charge on any atom is -0.478 e. The van der Waals surface area contributed by atoms with Crippen LogP contribution < -0.4 is 0 Å². The molecule has 0 heterocycles. The summed E-state index contributed by atoms with van der Waals surface area (Å²) >= 11 is 0. The van der Waals surface area contributed by atoms with Crippen LogP contribution in [0.25, 0.3) is 11.6 Å². The van der Waals surface area contributed by atoms with Gasteiger partial charge >= 0.3 is 5.97 Å². The third-order valence-corrected chi connectivity index (χ3v) is 3.59. The maximum absolute atomic E-state index is 10.9. The Bertz CT molecular complexity index is 770. The van der Waals surface area contributed by atoms with Gasteiger partial charge in [-0.1, -0.05) is 29.8 Å². The SMILES string of the molecule is Cc1cc(C)c(/C=C(/C#N)c2ccc(C(=O)O)cc2)c(C)c1. The Labute approximate surface area is 130 Å². The zero-order valence-electron chi connectivity index (χ0n) is 12.8. The van der Waals surface area contributed by atoms with E-state index in [9.17, 15) is 10.1 Å². The molecule has 1 N–H and O–H groups in total. The number of nitrogens with zero attached hydrogens (tertiary/aromatic N) is 1. The average molecular weight is 291 g/mol.